The molecule has 0 radical (unpaired) electrons. The lowest BCUT2D eigenvalue weighted by Crippen LogP contribution is -2.29. The van der Waals surface area contributed by atoms with Crippen LogP contribution in [0.1, 0.15) is 36.5 Å². The van der Waals surface area contributed by atoms with Crippen LogP contribution in [0.4, 0.5) is 5.69 Å². The van der Waals surface area contributed by atoms with Crippen LogP contribution in [0.15, 0.2) is 18.2 Å². The Balaban J connectivity index is 2.40. The molecule has 1 heterocycles. The van der Waals surface area contributed by atoms with E-state index in [2.05, 4.69) is 11.8 Å². The number of benzene rings is 1. The van der Waals surface area contributed by atoms with Gasteiger partial charge in [-0.2, -0.15) is 0 Å². The number of hydrogen-bond acceptors (Lipinski definition) is 2. The zero-order chi connectivity index (χ0) is 12.4. The molecular formula is C13H16ClNO2. The average molecular weight is 254 g/mol. The molecule has 1 aromatic rings. The molecule has 0 saturated carbocycles. The summed E-state index contributed by atoms with van der Waals surface area (Å²) >= 11 is 5.86. The topological polar surface area (TPSA) is 40.5 Å². The summed E-state index contributed by atoms with van der Waals surface area (Å²) in [6, 6.07) is 5.56. The highest BCUT2D eigenvalue weighted by atomic mass is 35.5. The fraction of sp³-hybridized carbons (Fsp3) is 0.462. The highest BCUT2D eigenvalue weighted by Crippen LogP contribution is 2.31. The number of hydrogen-bond donors (Lipinski definition) is 1. The Bertz CT molecular complexity index is 433. The maximum Gasteiger partial charge on any atom is 0.337 e. The molecule has 1 fully saturated rings. The quantitative estimate of drug-likeness (QED) is 0.897. The normalized spacial score (nSPS) is 19.6. The second kappa shape index (κ2) is 4.96. The Labute approximate surface area is 106 Å². The molecule has 0 bridgehead atoms. The van der Waals surface area contributed by atoms with Crippen LogP contribution < -0.4 is 4.90 Å². The average Bonchev–Trinajstić information content (AvgIpc) is 2.76. The van der Waals surface area contributed by atoms with Gasteiger partial charge in [0.1, 0.15) is 0 Å². The zero-order valence-electron chi connectivity index (χ0n) is 9.82. The molecule has 1 atom stereocenters. The number of anilines is 1. The molecule has 0 aromatic heterocycles. The van der Waals surface area contributed by atoms with Crippen molar-refractivity contribution < 1.29 is 9.90 Å². The number of carboxylic acids is 1. The third kappa shape index (κ3) is 2.39. The smallest absolute Gasteiger partial charge is 0.337 e. The zero-order valence-corrected chi connectivity index (χ0v) is 10.6. The molecule has 2 rings (SSSR count). The second-order valence-electron chi connectivity index (χ2n) is 4.36. The Morgan fingerprint density at radius 2 is 2.35 bits per heavy atom. The molecule has 0 amide bonds. The highest BCUT2D eigenvalue weighted by molar-refractivity contribution is 6.31. The summed E-state index contributed by atoms with van der Waals surface area (Å²) in [7, 11) is 0. The van der Waals surface area contributed by atoms with Gasteiger partial charge < -0.3 is 10.0 Å². The highest BCUT2D eigenvalue weighted by Gasteiger charge is 2.26. The minimum Gasteiger partial charge on any atom is -0.478 e. The first kappa shape index (κ1) is 12.2. The van der Waals surface area contributed by atoms with Crippen molar-refractivity contribution in [3.8, 4) is 0 Å². The summed E-state index contributed by atoms with van der Waals surface area (Å²) in [6.07, 6.45) is 3.31. The van der Waals surface area contributed by atoms with Crippen molar-refractivity contribution in [2.24, 2.45) is 0 Å². The predicted octanol–water partition coefficient (Wildman–Crippen LogP) is 3.42. The number of nitrogens with zero attached hydrogens (tertiary/aromatic N) is 1. The SMILES string of the molecule is CCC1CCCN1c1ccc(Cl)cc1C(=O)O. The molecule has 4 heteroatoms. The largest absolute Gasteiger partial charge is 0.478 e. The van der Waals surface area contributed by atoms with E-state index in [1.807, 2.05) is 6.07 Å². The molecule has 0 aliphatic carbocycles. The van der Waals surface area contributed by atoms with Crippen molar-refractivity contribution in [3.63, 3.8) is 0 Å². The van der Waals surface area contributed by atoms with Crippen molar-refractivity contribution >= 4 is 23.3 Å². The molecule has 0 spiro atoms. The number of rotatable bonds is 3. The van der Waals surface area contributed by atoms with Crippen LogP contribution in [-0.4, -0.2) is 23.7 Å². The van der Waals surface area contributed by atoms with E-state index in [4.69, 9.17) is 11.6 Å². The second-order valence-corrected chi connectivity index (χ2v) is 4.80. The number of carboxylic acid groups (broad SMARTS) is 1. The lowest BCUT2D eigenvalue weighted by Gasteiger charge is -2.27. The van der Waals surface area contributed by atoms with E-state index in [0.717, 1.165) is 31.5 Å². The first-order valence-electron chi connectivity index (χ1n) is 5.93. The summed E-state index contributed by atoms with van der Waals surface area (Å²) < 4.78 is 0. The lowest BCUT2D eigenvalue weighted by atomic mass is 10.1. The Morgan fingerprint density at radius 1 is 1.59 bits per heavy atom. The van der Waals surface area contributed by atoms with Crippen LogP contribution in [0.25, 0.3) is 0 Å². The first-order chi connectivity index (χ1) is 8.13. The van der Waals surface area contributed by atoms with Crippen molar-refractivity contribution in [1.82, 2.24) is 0 Å². The van der Waals surface area contributed by atoms with Crippen molar-refractivity contribution in [3.05, 3.63) is 28.8 Å². The van der Waals surface area contributed by atoms with Crippen LogP contribution in [0.3, 0.4) is 0 Å². The molecule has 1 unspecified atom stereocenters. The third-order valence-electron chi connectivity index (χ3n) is 3.35. The van der Waals surface area contributed by atoms with Gasteiger partial charge in [0.2, 0.25) is 0 Å². The van der Waals surface area contributed by atoms with Crippen molar-refractivity contribution in [2.75, 3.05) is 11.4 Å². The fourth-order valence-corrected chi connectivity index (χ4v) is 2.68. The number of halogens is 1. The van der Waals surface area contributed by atoms with E-state index in [9.17, 15) is 9.90 Å². The fourth-order valence-electron chi connectivity index (χ4n) is 2.51. The van der Waals surface area contributed by atoms with Gasteiger partial charge in [-0.25, -0.2) is 4.79 Å². The van der Waals surface area contributed by atoms with E-state index >= 15 is 0 Å². The van der Waals surface area contributed by atoms with Gasteiger partial charge in [-0.15, -0.1) is 0 Å². The molecule has 92 valence electrons. The van der Waals surface area contributed by atoms with Gasteiger partial charge in [-0.05, 0) is 37.5 Å². The molecule has 17 heavy (non-hydrogen) atoms. The molecule has 1 aromatic carbocycles. The van der Waals surface area contributed by atoms with Crippen molar-refractivity contribution in [2.45, 2.75) is 32.2 Å². The monoisotopic (exact) mass is 253 g/mol. The predicted molar refractivity (Wildman–Crippen MR) is 69.1 cm³/mol. The molecule has 1 aliphatic heterocycles. The minimum absolute atomic E-state index is 0.304. The Kier molecular flexibility index (Phi) is 3.57. The van der Waals surface area contributed by atoms with E-state index < -0.39 is 5.97 Å². The van der Waals surface area contributed by atoms with Gasteiger partial charge in [0.05, 0.1) is 11.3 Å². The minimum atomic E-state index is -0.913. The molecular weight excluding hydrogens is 238 g/mol. The van der Waals surface area contributed by atoms with Gasteiger partial charge in [-0.1, -0.05) is 18.5 Å². The van der Waals surface area contributed by atoms with Gasteiger partial charge in [0.15, 0.2) is 0 Å². The van der Waals surface area contributed by atoms with Crippen LogP contribution in [0.5, 0.6) is 0 Å². The van der Waals surface area contributed by atoms with Gasteiger partial charge in [0.25, 0.3) is 0 Å². The van der Waals surface area contributed by atoms with Crippen LogP contribution >= 0.6 is 11.6 Å². The Morgan fingerprint density at radius 3 is 3.00 bits per heavy atom. The summed E-state index contributed by atoms with van der Waals surface area (Å²) in [6.45, 7) is 3.07. The van der Waals surface area contributed by atoms with Gasteiger partial charge in [0, 0.05) is 17.6 Å². The third-order valence-corrected chi connectivity index (χ3v) is 3.58. The van der Waals surface area contributed by atoms with Crippen molar-refractivity contribution in [1.29, 1.82) is 0 Å². The standard InChI is InChI=1S/C13H16ClNO2/c1-2-10-4-3-7-15(10)12-6-5-9(14)8-11(12)13(16)17/h5-6,8,10H,2-4,7H2,1H3,(H,16,17). The van der Waals surface area contributed by atoms with Crippen LogP contribution in [-0.2, 0) is 0 Å². The molecule has 1 aliphatic rings. The van der Waals surface area contributed by atoms with E-state index in [1.165, 1.54) is 6.07 Å². The first-order valence-corrected chi connectivity index (χ1v) is 6.30. The van der Waals surface area contributed by atoms with Gasteiger partial charge >= 0.3 is 5.97 Å². The number of aromatic carboxylic acids is 1. The van der Waals surface area contributed by atoms with E-state index in [-0.39, 0.29) is 0 Å². The summed E-state index contributed by atoms with van der Waals surface area (Å²) in [5, 5.41) is 9.69. The van der Waals surface area contributed by atoms with E-state index in [1.54, 1.807) is 6.07 Å². The lowest BCUT2D eigenvalue weighted by molar-refractivity contribution is 0.0697. The molecule has 3 nitrogen and oxygen atoms in total. The van der Waals surface area contributed by atoms with Crippen LogP contribution in [0, 0.1) is 0 Å². The summed E-state index contributed by atoms with van der Waals surface area (Å²) in [5.41, 5.74) is 1.10. The van der Waals surface area contributed by atoms with E-state index in [0.29, 0.717) is 16.6 Å². The Hall–Kier alpha value is -1.22. The summed E-state index contributed by atoms with van der Waals surface area (Å²) in [4.78, 5) is 13.4. The molecule has 1 N–H and O–H groups in total. The maximum absolute atomic E-state index is 11.2. The van der Waals surface area contributed by atoms with Gasteiger partial charge in [-0.3, -0.25) is 0 Å². The maximum atomic E-state index is 11.2. The van der Waals surface area contributed by atoms with Crippen LogP contribution in [0.2, 0.25) is 5.02 Å². The summed E-state index contributed by atoms with van der Waals surface area (Å²) in [5.74, 6) is -0.913. The molecule has 1 saturated heterocycles. The number of carbonyl (C=O) groups is 1.